The molecule has 1 aromatic rings. The molecule has 0 spiro atoms. The maximum absolute atomic E-state index is 11.3. The van der Waals surface area contributed by atoms with Gasteiger partial charge in [0, 0.05) is 6.20 Å². The first-order valence-electron chi connectivity index (χ1n) is 3.29. The second-order valence-corrected chi connectivity index (χ2v) is 4.82. The van der Waals surface area contributed by atoms with Crippen LogP contribution >= 0.6 is 0 Å². The number of hydrogen-bond donors (Lipinski definition) is 0. The highest BCUT2D eigenvalue weighted by atomic mass is 32.2. The van der Waals surface area contributed by atoms with Gasteiger partial charge in [0.15, 0.2) is 0 Å². The highest BCUT2D eigenvalue weighted by molar-refractivity contribution is 7.90. The first kappa shape index (κ1) is 8.26. The van der Waals surface area contributed by atoms with Gasteiger partial charge in [-0.15, -0.1) is 0 Å². The fourth-order valence-corrected chi connectivity index (χ4v) is 1.48. The molecule has 0 aliphatic carbocycles. The summed E-state index contributed by atoms with van der Waals surface area (Å²) in [7, 11) is -3.23. The molecule has 0 bridgehead atoms. The Morgan fingerprint density at radius 1 is 1.45 bits per heavy atom. The molecule has 0 aliphatic heterocycles. The van der Waals surface area contributed by atoms with Crippen LogP contribution in [0, 0.1) is 0 Å². The Morgan fingerprint density at radius 3 is 2.45 bits per heavy atom. The summed E-state index contributed by atoms with van der Waals surface area (Å²) in [6, 6.07) is 1.58. The lowest BCUT2D eigenvalue weighted by Crippen LogP contribution is -2.22. The molecule has 1 aromatic heterocycles. The van der Waals surface area contributed by atoms with Crippen LogP contribution in [0.4, 0.5) is 0 Å². The molecule has 0 aromatic carbocycles. The fraction of sp³-hybridized carbons (Fsp3) is 0.500. The van der Waals surface area contributed by atoms with Gasteiger partial charge < -0.3 is 0 Å². The molecule has 0 unspecified atom stereocenters. The van der Waals surface area contributed by atoms with Gasteiger partial charge in [-0.25, -0.2) is 8.42 Å². The van der Waals surface area contributed by atoms with E-state index >= 15 is 0 Å². The summed E-state index contributed by atoms with van der Waals surface area (Å²) in [6.45, 7) is 3.24. The predicted molar refractivity (Wildman–Crippen MR) is 41.7 cm³/mol. The minimum atomic E-state index is -3.23. The van der Waals surface area contributed by atoms with Gasteiger partial charge in [0.1, 0.15) is 0 Å². The Hall–Kier alpha value is -0.840. The van der Waals surface area contributed by atoms with E-state index in [9.17, 15) is 8.42 Å². The average Bonchev–Trinajstić information content (AvgIpc) is 2.37. The number of nitrogens with zero attached hydrogens (tertiary/aromatic N) is 2. The van der Waals surface area contributed by atoms with Crippen LogP contribution < -0.4 is 0 Å². The molecule has 0 saturated carbocycles. The molecule has 1 heterocycles. The Kier molecular flexibility index (Phi) is 1.99. The maximum atomic E-state index is 11.3. The van der Waals surface area contributed by atoms with E-state index < -0.39 is 15.3 Å². The first-order chi connectivity index (χ1) is 5.05. The van der Waals surface area contributed by atoms with Crippen LogP contribution in [0.25, 0.3) is 0 Å². The molecule has 0 radical (unpaired) electrons. The van der Waals surface area contributed by atoms with Crippen LogP contribution in [-0.4, -0.2) is 22.9 Å². The van der Waals surface area contributed by atoms with Crippen LogP contribution in [-0.2, 0) is 10.0 Å². The van der Waals surface area contributed by atoms with Gasteiger partial charge in [-0.2, -0.15) is 9.19 Å². The van der Waals surface area contributed by atoms with E-state index in [2.05, 4.69) is 5.10 Å². The third kappa shape index (κ3) is 1.42. The predicted octanol–water partition coefficient (Wildman–Crippen LogP) is 0.469. The minimum absolute atomic E-state index is 0.428. The van der Waals surface area contributed by atoms with Crippen LogP contribution in [0.5, 0.6) is 0 Å². The van der Waals surface area contributed by atoms with E-state index in [0.717, 1.165) is 4.09 Å². The van der Waals surface area contributed by atoms with Crippen molar-refractivity contribution in [1.29, 1.82) is 0 Å². The molecular weight excluding hydrogens is 164 g/mol. The van der Waals surface area contributed by atoms with Crippen LogP contribution in [0.2, 0.25) is 0 Å². The third-order valence-electron chi connectivity index (χ3n) is 1.34. The van der Waals surface area contributed by atoms with Crippen molar-refractivity contribution in [1.82, 2.24) is 9.19 Å². The third-order valence-corrected chi connectivity index (χ3v) is 3.27. The Labute approximate surface area is 65.9 Å². The Balaban J connectivity index is 3.12. The van der Waals surface area contributed by atoms with Crippen molar-refractivity contribution in [3.05, 3.63) is 18.5 Å². The van der Waals surface area contributed by atoms with E-state index in [-0.39, 0.29) is 0 Å². The van der Waals surface area contributed by atoms with Gasteiger partial charge in [0.05, 0.1) is 11.4 Å². The van der Waals surface area contributed by atoms with E-state index in [1.807, 2.05) is 0 Å². The quantitative estimate of drug-likeness (QED) is 0.655. The van der Waals surface area contributed by atoms with Crippen molar-refractivity contribution >= 4 is 10.0 Å². The van der Waals surface area contributed by atoms with Crippen LogP contribution in [0.1, 0.15) is 13.8 Å². The summed E-state index contributed by atoms with van der Waals surface area (Å²) < 4.78 is 23.6. The summed E-state index contributed by atoms with van der Waals surface area (Å²) in [5, 5.41) is 3.21. The Bertz CT molecular complexity index is 312. The summed E-state index contributed by atoms with van der Waals surface area (Å²) >= 11 is 0. The Morgan fingerprint density at radius 2 is 2.09 bits per heavy atom. The van der Waals surface area contributed by atoms with Crippen molar-refractivity contribution in [2.45, 2.75) is 19.1 Å². The standard InChI is InChI=1S/C6H10N2O2S/c1-6(2)11(9,10)8-5-3-4-7-8/h3-6H,1-2H3. The van der Waals surface area contributed by atoms with Gasteiger partial charge in [-0.1, -0.05) is 0 Å². The molecule has 0 aliphatic rings. The molecular formula is C6H10N2O2S. The van der Waals surface area contributed by atoms with Crippen molar-refractivity contribution < 1.29 is 8.42 Å². The largest absolute Gasteiger partial charge is 0.256 e. The molecule has 0 saturated heterocycles. The molecule has 4 nitrogen and oxygen atoms in total. The van der Waals surface area contributed by atoms with Gasteiger partial charge in [0.25, 0.3) is 10.0 Å². The minimum Gasteiger partial charge on any atom is -0.204 e. The number of rotatable bonds is 2. The first-order valence-corrected chi connectivity index (χ1v) is 4.79. The van der Waals surface area contributed by atoms with Crippen molar-refractivity contribution in [2.24, 2.45) is 0 Å². The molecule has 0 fully saturated rings. The van der Waals surface area contributed by atoms with E-state index in [1.165, 1.54) is 12.4 Å². The van der Waals surface area contributed by atoms with Gasteiger partial charge in [-0.3, -0.25) is 0 Å². The van der Waals surface area contributed by atoms with Crippen molar-refractivity contribution in [3.8, 4) is 0 Å². The second kappa shape index (κ2) is 2.65. The summed E-state index contributed by atoms with van der Waals surface area (Å²) in [5.41, 5.74) is 0. The maximum Gasteiger partial charge on any atom is 0.256 e. The van der Waals surface area contributed by atoms with Crippen LogP contribution in [0.3, 0.4) is 0 Å². The van der Waals surface area contributed by atoms with Crippen molar-refractivity contribution in [2.75, 3.05) is 0 Å². The summed E-state index contributed by atoms with van der Waals surface area (Å²) in [5.74, 6) is 0. The zero-order chi connectivity index (χ0) is 8.48. The number of hydrogen-bond acceptors (Lipinski definition) is 3. The zero-order valence-electron chi connectivity index (χ0n) is 6.43. The molecule has 11 heavy (non-hydrogen) atoms. The molecule has 0 atom stereocenters. The topological polar surface area (TPSA) is 52.0 Å². The smallest absolute Gasteiger partial charge is 0.204 e. The zero-order valence-corrected chi connectivity index (χ0v) is 7.25. The monoisotopic (exact) mass is 174 g/mol. The summed E-state index contributed by atoms with van der Waals surface area (Å²) in [6.07, 6.45) is 2.87. The SMILES string of the molecule is CC(C)S(=O)(=O)n1cccn1. The van der Waals surface area contributed by atoms with Gasteiger partial charge >= 0.3 is 0 Å². The second-order valence-electron chi connectivity index (χ2n) is 2.47. The molecule has 0 amide bonds. The van der Waals surface area contributed by atoms with E-state index in [4.69, 9.17) is 0 Å². The molecule has 62 valence electrons. The lowest BCUT2D eigenvalue weighted by atomic mass is 10.6. The normalized spacial score (nSPS) is 12.3. The summed E-state index contributed by atoms with van der Waals surface area (Å²) in [4.78, 5) is 0. The molecule has 0 N–H and O–H groups in total. The van der Waals surface area contributed by atoms with E-state index in [0.29, 0.717) is 0 Å². The molecule has 1 rings (SSSR count). The van der Waals surface area contributed by atoms with E-state index in [1.54, 1.807) is 19.9 Å². The highest BCUT2D eigenvalue weighted by Crippen LogP contribution is 2.02. The van der Waals surface area contributed by atoms with Gasteiger partial charge in [0.2, 0.25) is 0 Å². The lowest BCUT2D eigenvalue weighted by Gasteiger charge is -2.05. The van der Waals surface area contributed by atoms with Gasteiger partial charge in [-0.05, 0) is 19.9 Å². The fourth-order valence-electron chi connectivity index (χ4n) is 0.621. The lowest BCUT2D eigenvalue weighted by molar-refractivity contribution is 0.571. The van der Waals surface area contributed by atoms with Crippen molar-refractivity contribution in [3.63, 3.8) is 0 Å². The molecule has 5 heteroatoms. The van der Waals surface area contributed by atoms with Crippen LogP contribution in [0.15, 0.2) is 18.5 Å². The average molecular weight is 174 g/mol. The highest BCUT2D eigenvalue weighted by Gasteiger charge is 2.17. The number of aromatic nitrogens is 2.